The highest BCUT2D eigenvalue weighted by molar-refractivity contribution is 7.90. The minimum absolute atomic E-state index is 0.0724. The van der Waals surface area contributed by atoms with Gasteiger partial charge >= 0.3 is 0 Å². The lowest BCUT2D eigenvalue weighted by atomic mass is 10.2. The van der Waals surface area contributed by atoms with Crippen LogP contribution in [-0.4, -0.2) is 24.0 Å². The molecular formula is C11H12Cl3NO2S. The summed E-state index contributed by atoms with van der Waals surface area (Å²) in [6.45, 7) is 0.288. The summed E-state index contributed by atoms with van der Waals surface area (Å²) >= 11 is 17.2. The highest BCUT2D eigenvalue weighted by Crippen LogP contribution is 2.32. The van der Waals surface area contributed by atoms with Crippen LogP contribution in [0.3, 0.4) is 0 Å². The predicted octanol–water partition coefficient (Wildman–Crippen LogP) is 3.48. The lowest BCUT2D eigenvalue weighted by Gasteiger charge is -2.20. The molecule has 0 aliphatic heterocycles. The summed E-state index contributed by atoms with van der Waals surface area (Å²) in [5.41, 5.74) is 0.810. The van der Waals surface area contributed by atoms with Crippen LogP contribution >= 0.6 is 34.8 Å². The van der Waals surface area contributed by atoms with E-state index >= 15 is 0 Å². The molecule has 0 atom stereocenters. The second-order valence-electron chi connectivity index (χ2n) is 4.25. The molecule has 0 amide bonds. The Labute approximate surface area is 122 Å². The van der Waals surface area contributed by atoms with Gasteiger partial charge in [-0.1, -0.05) is 29.3 Å². The summed E-state index contributed by atoms with van der Waals surface area (Å²) < 4.78 is 25.2. The highest BCUT2D eigenvalue weighted by Gasteiger charge is 2.36. The van der Waals surface area contributed by atoms with Crippen LogP contribution in [-0.2, 0) is 16.6 Å². The molecule has 1 aromatic carbocycles. The van der Waals surface area contributed by atoms with Gasteiger partial charge in [0.2, 0.25) is 10.0 Å². The van der Waals surface area contributed by atoms with Crippen molar-refractivity contribution in [1.29, 1.82) is 0 Å². The van der Waals surface area contributed by atoms with E-state index in [1.807, 2.05) is 0 Å². The van der Waals surface area contributed by atoms with Crippen molar-refractivity contribution in [3.05, 3.63) is 33.8 Å². The van der Waals surface area contributed by atoms with Crippen molar-refractivity contribution < 1.29 is 8.42 Å². The summed E-state index contributed by atoms with van der Waals surface area (Å²) in [4.78, 5) is 0. The van der Waals surface area contributed by atoms with Crippen molar-refractivity contribution in [2.75, 3.05) is 5.21 Å². The van der Waals surface area contributed by atoms with Gasteiger partial charge in [0.05, 0.1) is 10.0 Å². The second-order valence-corrected chi connectivity index (χ2v) is 7.57. The number of hydrogen-bond acceptors (Lipinski definition) is 2. The Morgan fingerprint density at radius 3 is 2.39 bits per heavy atom. The van der Waals surface area contributed by atoms with Gasteiger partial charge in [-0.05, 0) is 30.5 Å². The Morgan fingerprint density at radius 2 is 1.89 bits per heavy atom. The fraction of sp³-hybridized carbons (Fsp3) is 0.455. The van der Waals surface area contributed by atoms with Crippen LogP contribution in [0.2, 0.25) is 10.0 Å². The zero-order chi connectivity index (χ0) is 13.3. The number of nitrogens with zero attached hydrogens (tertiary/aromatic N) is 1. The Balaban J connectivity index is 2.21. The fourth-order valence-corrected chi connectivity index (χ4v) is 3.53. The van der Waals surface area contributed by atoms with E-state index in [1.165, 1.54) is 4.31 Å². The highest BCUT2D eigenvalue weighted by atomic mass is 35.5. The molecule has 0 radical (unpaired) electrons. The molecule has 0 saturated heterocycles. The third kappa shape index (κ3) is 3.31. The lowest BCUT2D eigenvalue weighted by Crippen LogP contribution is -2.33. The summed E-state index contributed by atoms with van der Waals surface area (Å²) in [5, 5.41) is 0.483. The topological polar surface area (TPSA) is 37.4 Å². The first-order valence-electron chi connectivity index (χ1n) is 5.43. The molecule has 1 aliphatic carbocycles. The van der Waals surface area contributed by atoms with E-state index in [0.29, 0.717) is 10.0 Å². The zero-order valence-corrected chi connectivity index (χ0v) is 12.5. The maximum absolute atomic E-state index is 11.9. The minimum Gasteiger partial charge on any atom is -0.211 e. The van der Waals surface area contributed by atoms with Crippen LogP contribution in [0.1, 0.15) is 18.4 Å². The first kappa shape index (κ1) is 14.4. The van der Waals surface area contributed by atoms with Crippen LogP contribution < -0.4 is 0 Å². The van der Waals surface area contributed by atoms with Gasteiger partial charge in [-0.3, -0.25) is 0 Å². The van der Waals surface area contributed by atoms with Gasteiger partial charge in [0, 0.05) is 12.6 Å². The molecule has 3 nitrogen and oxygen atoms in total. The second kappa shape index (κ2) is 5.55. The van der Waals surface area contributed by atoms with Gasteiger partial charge in [-0.15, -0.1) is 11.6 Å². The lowest BCUT2D eigenvalue weighted by molar-refractivity contribution is 0.401. The molecule has 0 N–H and O–H groups in total. The molecule has 0 unspecified atom stereocenters. The molecule has 0 spiro atoms. The standard InChI is InChI=1S/C11H12Cl3NO2S/c12-7-18(16,17)15(9-2-3-9)6-8-1-4-10(13)11(14)5-8/h1,4-5,9H,2-3,6-7H2. The van der Waals surface area contributed by atoms with Crippen molar-refractivity contribution in [1.82, 2.24) is 4.31 Å². The van der Waals surface area contributed by atoms with Gasteiger partial charge < -0.3 is 0 Å². The summed E-state index contributed by atoms with van der Waals surface area (Å²) in [5.74, 6) is 0. The van der Waals surface area contributed by atoms with Crippen LogP contribution in [0.25, 0.3) is 0 Å². The van der Waals surface area contributed by atoms with Gasteiger partial charge in [-0.2, -0.15) is 4.31 Å². The molecule has 18 heavy (non-hydrogen) atoms. The average molecular weight is 329 g/mol. The van der Waals surface area contributed by atoms with Crippen molar-refractivity contribution in [3.8, 4) is 0 Å². The maximum atomic E-state index is 11.9. The molecule has 7 heteroatoms. The number of benzene rings is 1. The first-order chi connectivity index (χ1) is 8.44. The summed E-state index contributed by atoms with van der Waals surface area (Å²) in [6.07, 6.45) is 1.77. The average Bonchev–Trinajstić information content (AvgIpc) is 3.14. The van der Waals surface area contributed by atoms with Crippen molar-refractivity contribution >= 4 is 44.8 Å². The molecule has 0 heterocycles. The fourth-order valence-electron chi connectivity index (χ4n) is 1.70. The van der Waals surface area contributed by atoms with E-state index < -0.39 is 15.2 Å². The Bertz CT molecular complexity index is 543. The van der Waals surface area contributed by atoms with Gasteiger partial charge in [-0.25, -0.2) is 8.42 Å². The Kier molecular flexibility index (Phi) is 4.44. The van der Waals surface area contributed by atoms with Gasteiger partial charge in [0.1, 0.15) is 5.21 Å². The molecule has 2 rings (SSSR count). The molecule has 1 saturated carbocycles. The Hall–Kier alpha value is -0.000000000000000111. The van der Waals surface area contributed by atoms with E-state index in [1.54, 1.807) is 18.2 Å². The molecular weight excluding hydrogens is 317 g/mol. The van der Waals surface area contributed by atoms with E-state index in [9.17, 15) is 8.42 Å². The van der Waals surface area contributed by atoms with Gasteiger partial charge in [0.25, 0.3) is 0 Å². The third-order valence-electron chi connectivity index (χ3n) is 2.77. The van der Waals surface area contributed by atoms with E-state index in [4.69, 9.17) is 34.8 Å². The van der Waals surface area contributed by atoms with E-state index in [0.717, 1.165) is 18.4 Å². The SMILES string of the molecule is O=S(=O)(CCl)N(Cc1ccc(Cl)c(Cl)c1)C1CC1. The molecule has 1 fully saturated rings. The predicted molar refractivity (Wildman–Crippen MR) is 74.7 cm³/mol. The molecule has 0 aromatic heterocycles. The van der Waals surface area contributed by atoms with Crippen molar-refractivity contribution in [3.63, 3.8) is 0 Å². The normalized spacial score (nSPS) is 16.2. The van der Waals surface area contributed by atoms with Crippen molar-refractivity contribution in [2.45, 2.75) is 25.4 Å². The number of halogens is 3. The van der Waals surface area contributed by atoms with E-state index in [2.05, 4.69) is 0 Å². The monoisotopic (exact) mass is 327 g/mol. The molecule has 100 valence electrons. The van der Waals surface area contributed by atoms with Crippen molar-refractivity contribution in [2.24, 2.45) is 0 Å². The number of sulfonamides is 1. The molecule has 0 bridgehead atoms. The molecule has 1 aromatic rings. The Morgan fingerprint density at radius 1 is 1.22 bits per heavy atom. The van der Waals surface area contributed by atoms with Gasteiger partial charge in [0.15, 0.2) is 0 Å². The van der Waals surface area contributed by atoms with Crippen LogP contribution in [0.5, 0.6) is 0 Å². The minimum atomic E-state index is -3.40. The third-order valence-corrected chi connectivity index (χ3v) is 5.76. The smallest absolute Gasteiger partial charge is 0.211 e. The zero-order valence-electron chi connectivity index (χ0n) is 9.44. The first-order valence-corrected chi connectivity index (χ1v) is 8.33. The largest absolute Gasteiger partial charge is 0.228 e. The summed E-state index contributed by atoms with van der Waals surface area (Å²) in [7, 11) is -3.40. The maximum Gasteiger partial charge on any atom is 0.228 e. The quantitative estimate of drug-likeness (QED) is 0.776. The molecule has 1 aliphatic rings. The van der Waals surface area contributed by atoms with Crippen LogP contribution in [0.4, 0.5) is 0 Å². The number of hydrogen-bond donors (Lipinski definition) is 0. The number of rotatable bonds is 5. The summed E-state index contributed by atoms with van der Waals surface area (Å²) in [6, 6.07) is 5.19. The van der Waals surface area contributed by atoms with Crippen LogP contribution in [0, 0.1) is 0 Å². The van der Waals surface area contributed by atoms with Crippen LogP contribution in [0.15, 0.2) is 18.2 Å². The number of alkyl halides is 1. The van der Waals surface area contributed by atoms with E-state index in [-0.39, 0.29) is 12.6 Å².